The third-order valence-electron chi connectivity index (χ3n) is 13.2. The van der Waals surface area contributed by atoms with Crippen molar-refractivity contribution in [2.24, 2.45) is 0 Å². The molecular weight excluding hydrogens is 961 g/mol. The van der Waals surface area contributed by atoms with Gasteiger partial charge in [0.25, 0.3) is 0 Å². The molecule has 392 valence electrons. The topological polar surface area (TPSA) is 108 Å². The van der Waals surface area contributed by atoms with E-state index in [0.717, 1.165) is 80.2 Å². The van der Waals surface area contributed by atoms with Crippen LogP contribution < -0.4 is 37.2 Å². The van der Waals surface area contributed by atoms with Crippen molar-refractivity contribution in [3.8, 4) is 45.3 Å². The van der Waals surface area contributed by atoms with Crippen LogP contribution in [0, 0.1) is 0 Å². The molecule has 0 saturated carbocycles. The summed E-state index contributed by atoms with van der Waals surface area (Å²) >= 11 is 0. The van der Waals surface area contributed by atoms with Crippen LogP contribution in [0.2, 0.25) is 0 Å². The molecule has 76 heavy (non-hydrogen) atoms. The van der Waals surface area contributed by atoms with Gasteiger partial charge in [-0.25, -0.2) is 18.3 Å². The first-order valence-corrected chi connectivity index (χ1v) is 26.4. The first-order valence-electron chi connectivity index (χ1n) is 26.4. The second kappa shape index (κ2) is 27.5. The lowest BCUT2D eigenvalue weighted by Gasteiger charge is -2.16. The van der Waals surface area contributed by atoms with E-state index >= 15 is 0 Å². The van der Waals surface area contributed by atoms with Crippen LogP contribution in [0.15, 0.2) is 171 Å². The van der Waals surface area contributed by atoms with Crippen molar-refractivity contribution >= 4 is 10.8 Å². The number of ether oxygens (including phenoxy) is 10. The molecule has 0 amide bonds. The molecule has 0 N–H and O–H groups in total. The van der Waals surface area contributed by atoms with Crippen molar-refractivity contribution < 1.29 is 65.6 Å². The molecule has 0 spiro atoms. The zero-order valence-electron chi connectivity index (χ0n) is 43.2. The molecule has 0 radical (unpaired) electrons. The maximum Gasteiger partial charge on any atom is 0.177 e. The molecule has 8 aromatic rings. The molecule has 0 atom stereocenters. The van der Waals surface area contributed by atoms with E-state index in [1.165, 1.54) is 11.1 Å². The SMILES string of the molecule is c1cc2c3cccc(c3c1)OCCOCCOCCOCCOc1cc3c(cc1C[n+]1ccc(cc1)-c1cc[n+](cc1)Cc1ccc(cc1)C[n+]1ccc(cc1)-c1cc[n+](cc1)C3)OCCOCCOCCOCCO2. The summed E-state index contributed by atoms with van der Waals surface area (Å²) in [7, 11) is 0. The van der Waals surface area contributed by atoms with Crippen molar-refractivity contribution in [2.45, 2.75) is 26.2 Å². The summed E-state index contributed by atoms with van der Waals surface area (Å²) in [4.78, 5) is 0. The Morgan fingerprint density at radius 1 is 0.250 bits per heavy atom. The Balaban J connectivity index is 0.844. The Kier molecular flexibility index (Phi) is 18.9. The molecule has 4 aromatic carbocycles. The fraction of sp³-hybridized carbons (Fsp3) is 0.323. The molecule has 4 aromatic heterocycles. The Bertz CT molecular complexity index is 2840. The average molecular weight is 1030 g/mol. The second-order valence-corrected chi connectivity index (χ2v) is 18.6. The number of hydrogen-bond donors (Lipinski definition) is 0. The third-order valence-corrected chi connectivity index (χ3v) is 13.2. The van der Waals surface area contributed by atoms with Gasteiger partial charge in [-0.3, -0.25) is 0 Å². The Hall–Kier alpha value is -7.30. The van der Waals surface area contributed by atoms with E-state index < -0.39 is 0 Å². The Morgan fingerprint density at radius 3 is 0.816 bits per heavy atom. The molecular formula is C62H68N4O10+4. The van der Waals surface area contributed by atoms with Gasteiger partial charge in [-0.15, -0.1) is 0 Å². The fourth-order valence-electron chi connectivity index (χ4n) is 9.18. The van der Waals surface area contributed by atoms with Crippen molar-refractivity contribution in [3.63, 3.8) is 0 Å². The van der Waals surface area contributed by atoms with Gasteiger partial charge in [0.1, 0.15) is 49.4 Å². The number of rotatable bonds is 0. The number of pyridine rings is 4. The van der Waals surface area contributed by atoms with Crippen molar-refractivity contribution in [3.05, 3.63) is 193 Å². The molecule has 0 aliphatic carbocycles. The lowest BCUT2D eigenvalue weighted by molar-refractivity contribution is -0.689. The van der Waals surface area contributed by atoms with Crippen LogP contribution in [-0.4, -0.2) is 106 Å². The predicted octanol–water partition coefficient (Wildman–Crippen LogP) is 7.16. The van der Waals surface area contributed by atoms with Gasteiger partial charge in [0.15, 0.2) is 75.8 Å². The van der Waals surface area contributed by atoms with E-state index in [0.29, 0.717) is 119 Å². The molecule has 21 heterocycles. The highest BCUT2D eigenvalue weighted by molar-refractivity contribution is 5.93. The largest absolute Gasteiger partial charge is 0.491 e. The molecule has 18 bridgehead atoms. The number of hydrogen-bond acceptors (Lipinski definition) is 10. The van der Waals surface area contributed by atoms with E-state index in [1.807, 2.05) is 36.4 Å². The molecule has 25 rings (SSSR count). The maximum atomic E-state index is 6.60. The standard InChI is InChI=1S/C62H68N4O10/c1-3-57-58-4-2-6-60(57)74-40-36-70-32-28-68-30-34-72-38-42-76-62-44-55-47-65-23-15-53(16-24-65)51-11-19-63(20-12-51)45-49-7-9-50(10-8-49)46-64-21-13-52(14-22-64)54-17-25-66(26-18-54)48-56(62)43-61(55)75-41-37-71-33-29-67-27-31-69-35-39-73-59(58)5-1/h1-26,43-44H,27-42,45-48H2/q+4. The van der Waals surface area contributed by atoms with Gasteiger partial charge in [0.2, 0.25) is 0 Å². The van der Waals surface area contributed by atoms with Gasteiger partial charge in [0, 0.05) is 70.4 Å². The minimum Gasteiger partial charge on any atom is -0.491 e. The summed E-state index contributed by atoms with van der Waals surface area (Å²) < 4.78 is 69.5. The summed E-state index contributed by atoms with van der Waals surface area (Å²) in [6.45, 7) is 9.38. The number of aromatic nitrogens is 4. The zero-order chi connectivity index (χ0) is 51.4. The van der Waals surface area contributed by atoms with Gasteiger partial charge in [-0.2, -0.15) is 0 Å². The van der Waals surface area contributed by atoms with Crippen molar-refractivity contribution in [1.29, 1.82) is 0 Å². The monoisotopic (exact) mass is 1030 g/mol. The third kappa shape index (κ3) is 15.0. The molecule has 14 heteroatoms. The lowest BCUT2D eigenvalue weighted by atomic mass is 10.1. The van der Waals surface area contributed by atoms with Gasteiger partial charge in [-0.05, 0) is 46.5 Å². The quantitative estimate of drug-likeness (QED) is 0.145. The minimum atomic E-state index is 0.352. The zero-order valence-corrected chi connectivity index (χ0v) is 43.2. The van der Waals surface area contributed by atoms with Crippen LogP contribution in [0.25, 0.3) is 33.0 Å². The van der Waals surface area contributed by atoms with E-state index in [2.05, 4.69) is 153 Å². The molecule has 14 nitrogen and oxygen atoms in total. The summed E-state index contributed by atoms with van der Waals surface area (Å²) in [6, 6.07) is 42.4. The first kappa shape index (κ1) is 52.2. The van der Waals surface area contributed by atoms with Crippen molar-refractivity contribution in [1.82, 2.24) is 0 Å². The smallest absolute Gasteiger partial charge is 0.177 e. The van der Waals surface area contributed by atoms with Crippen LogP contribution in [0.1, 0.15) is 22.3 Å². The van der Waals surface area contributed by atoms with Gasteiger partial charge >= 0.3 is 0 Å². The van der Waals surface area contributed by atoms with Crippen LogP contribution >= 0.6 is 0 Å². The van der Waals surface area contributed by atoms with E-state index in [9.17, 15) is 0 Å². The number of nitrogens with zero attached hydrogens (tertiary/aromatic N) is 4. The summed E-state index contributed by atoms with van der Waals surface area (Å²) in [6.07, 6.45) is 17.1. The number of benzene rings is 4. The molecule has 0 unspecified atom stereocenters. The maximum absolute atomic E-state index is 6.60. The van der Waals surface area contributed by atoms with Crippen LogP contribution in [-0.2, 0) is 54.6 Å². The van der Waals surface area contributed by atoms with Crippen molar-refractivity contribution in [2.75, 3.05) is 106 Å². The van der Waals surface area contributed by atoms with Crippen LogP contribution in [0.4, 0.5) is 0 Å². The van der Waals surface area contributed by atoms with Crippen LogP contribution in [0.3, 0.4) is 0 Å². The highest BCUT2D eigenvalue weighted by atomic mass is 16.6. The molecule has 17 aliphatic heterocycles. The molecule has 0 saturated heterocycles. The Morgan fingerprint density at radius 2 is 0.513 bits per heavy atom. The minimum absolute atomic E-state index is 0.352. The van der Waals surface area contributed by atoms with Gasteiger partial charge < -0.3 is 47.4 Å². The lowest BCUT2D eigenvalue weighted by Crippen LogP contribution is -2.35. The van der Waals surface area contributed by atoms with Gasteiger partial charge in [0.05, 0.1) is 90.4 Å². The summed E-state index contributed by atoms with van der Waals surface area (Å²) in [5.41, 5.74) is 9.01. The normalized spacial score (nSPS) is 16.3. The second-order valence-electron chi connectivity index (χ2n) is 18.6. The predicted molar refractivity (Wildman–Crippen MR) is 285 cm³/mol. The highest BCUT2D eigenvalue weighted by Crippen LogP contribution is 2.33. The molecule has 17 aliphatic rings. The first-order chi connectivity index (χ1) is 37.7. The Labute approximate surface area is 445 Å². The van der Waals surface area contributed by atoms with Crippen LogP contribution in [0.5, 0.6) is 23.0 Å². The van der Waals surface area contributed by atoms with E-state index in [-0.39, 0.29) is 0 Å². The van der Waals surface area contributed by atoms with E-state index in [4.69, 9.17) is 47.4 Å². The van der Waals surface area contributed by atoms with Gasteiger partial charge in [-0.1, -0.05) is 48.5 Å². The fourth-order valence-corrected chi connectivity index (χ4v) is 9.18. The summed E-state index contributed by atoms with van der Waals surface area (Å²) in [5.74, 6) is 3.08. The summed E-state index contributed by atoms with van der Waals surface area (Å²) in [5, 5.41) is 1.95. The highest BCUT2D eigenvalue weighted by Gasteiger charge is 2.20. The van der Waals surface area contributed by atoms with E-state index in [1.54, 1.807) is 0 Å². The average Bonchev–Trinajstić information content (AvgIpc) is 3.46. The molecule has 0 fully saturated rings.